The summed E-state index contributed by atoms with van der Waals surface area (Å²) < 4.78 is 0. The molecule has 0 radical (unpaired) electrons. The fourth-order valence-electron chi connectivity index (χ4n) is 1.76. The molecule has 0 unspecified atom stereocenters. The maximum absolute atomic E-state index is 11.9. The van der Waals surface area contributed by atoms with Gasteiger partial charge in [-0.15, -0.1) is 0 Å². The number of ketones is 1. The molecule has 0 aliphatic heterocycles. The number of rotatable bonds is 2. The molecule has 1 aromatic rings. The summed E-state index contributed by atoms with van der Waals surface area (Å²) in [5.74, 6) is 0.188. The number of halogens is 2. The van der Waals surface area contributed by atoms with Gasteiger partial charge in [0.25, 0.3) is 0 Å². The van der Waals surface area contributed by atoms with Gasteiger partial charge in [-0.1, -0.05) is 23.2 Å². The summed E-state index contributed by atoms with van der Waals surface area (Å²) in [6.45, 7) is 0. The average Bonchev–Trinajstić information content (AvgIpc) is 2.16. The Balaban J connectivity index is 2.16. The highest BCUT2D eigenvalue weighted by Crippen LogP contribution is 2.31. The number of carbonyl (C=O) groups is 1. The van der Waals surface area contributed by atoms with Crippen molar-refractivity contribution in [3.05, 3.63) is 33.8 Å². The Morgan fingerprint density at radius 3 is 2.47 bits per heavy atom. The third-order valence-electron chi connectivity index (χ3n) is 2.75. The standard InChI is InChI=1S/C11H11Cl2NO/c12-9-2-1-6(5-10(9)13)11(15)7-3-8(14)4-7/h1-2,5,7-8H,3-4,14H2. The van der Waals surface area contributed by atoms with Gasteiger partial charge in [-0.2, -0.15) is 0 Å². The van der Waals surface area contributed by atoms with E-state index in [2.05, 4.69) is 0 Å². The number of hydrogen-bond donors (Lipinski definition) is 1. The molecule has 1 aromatic carbocycles. The first-order valence-corrected chi connectivity index (χ1v) is 5.58. The van der Waals surface area contributed by atoms with Crippen LogP contribution in [0.25, 0.3) is 0 Å². The fourth-order valence-corrected chi connectivity index (χ4v) is 2.06. The second-order valence-corrected chi connectivity index (χ2v) is 4.74. The first-order chi connectivity index (χ1) is 7.08. The van der Waals surface area contributed by atoms with E-state index in [1.165, 1.54) is 0 Å². The molecule has 0 spiro atoms. The monoisotopic (exact) mass is 243 g/mol. The van der Waals surface area contributed by atoms with Gasteiger partial charge < -0.3 is 5.73 Å². The van der Waals surface area contributed by atoms with Crippen molar-refractivity contribution in [1.29, 1.82) is 0 Å². The summed E-state index contributed by atoms with van der Waals surface area (Å²) in [6.07, 6.45) is 1.55. The molecule has 2 rings (SSSR count). The van der Waals surface area contributed by atoms with Crippen LogP contribution in [0.4, 0.5) is 0 Å². The molecule has 0 bridgehead atoms. The van der Waals surface area contributed by atoms with Crippen LogP contribution in [-0.2, 0) is 0 Å². The molecule has 1 saturated carbocycles. The molecule has 80 valence electrons. The minimum atomic E-state index is 0.0669. The van der Waals surface area contributed by atoms with Crippen molar-refractivity contribution >= 4 is 29.0 Å². The van der Waals surface area contributed by atoms with E-state index in [9.17, 15) is 4.79 Å². The van der Waals surface area contributed by atoms with Crippen LogP contribution >= 0.6 is 23.2 Å². The highest BCUT2D eigenvalue weighted by Gasteiger charge is 2.32. The lowest BCUT2D eigenvalue weighted by Crippen LogP contribution is -2.40. The van der Waals surface area contributed by atoms with Gasteiger partial charge in [0.05, 0.1) is 10.0 Å². The molecule has 0 saturated heterocycles. The minimum absolute atomic E-state index is 0.0669. The van der Waals surface area contributed by atoms with Crippen molar-refractivity contribution in [1.82, 2.24) is 0 Å². The summed E-state index contributed by atoms with van der Waals surface area (Å²) in [5.41, 5.74) is 6.27. The number of hydrogen-bond acceptors (Lipinski definition) is 2. The van der Waals surface area contributed by atoms with Gasteiger partial charge in [-0.3, -0.25) is 4.79 Å². The average molecular weight is 244 g/mol. The first-order valence-electron chi connectivity index (χ1n) is 4.83. The largest absolute Gasteiger partial charge is 0.328 e. The summed E-state index contributed by atoms with van der Waals surface area (Å²) in [5, 5.41) is 0.893. The SMILES string of the molecule is NC1CC(C(=O)c2ccc(Cl)c(Cl)c2)C1. The smallest absolute Gasteiger partial charge is 0.166 e. The summed E-state index contributed by atoms with van der Waals surface area (Å²) in [6, 6.07) is 5.16. The molecule has 4 heteroatoms. The Bertz CT molecular complexity index is 400. The van der Waals surface area contributed by atoms with Crippen molar-refractivity contribution < 1.29 is 4.79 Å². The fraction of sp³-hybridized carbons (Fsp3) is 0.364. The van der Waals surface area contributed by atoms with Crippen LogP contribution in [0, 0.1) is 5.92 Å². The number of Topliss-reactive ketones (excluding diaryl/α,β-unsaturated/α-hetero) is 1. The third kappa shape index (κ3) is 2.17. The summed E-state index contributed by atoms with van der Waals surface area (Å²) >= 11 is 11.6. The minimum Gasteiger partial charge on any atom is -0.328 e. The van der Waals surface area contributed by atoms with E-state index in [-0.39, 0.29) is 17.7 Å². The van der Waals surface area contributed by atoms with E-state index in [1.54, 1.807) is 18.2 Å². The zero-order valence-electron chi connectivity index (χ0n) is 8.04. The lowest BCUT2D eigenvalue weighted by molar-refractivity contribution is 0.0832. The van der Waals surface area contributed by atoms with Gasteiger partial charge in [-0.25, -0.2) is 0 Å². The first kappa shape index (κ1) is 10.9. The van der Waals surface area contributed by atoms with E-state index >= 15 is 0 Å². The highest BCUT2D eigenvalue weighted by atomic mass is 35.5. The van der Waals surface area contributed by atoms with E-state index in [4.69, 9.17) is 28.9 Å². The highest BCUT2D eigenvalue weighted by molar-refractivity contribution is 6.42. The predicted molar refractivity (Wildman–Crippen MR) is 61.5 cm³/mol. The van der Waals surface area contributed by atoms with Crippen LogP contribution in [-0.4, -0.2) is 11.8 Å². The maximum atomic E-state index is 11.9. The number of nitrogens with two attached hydrogens (primary N) is 1. The van der Waals surface area contributed by atoms with Gasteiger partial charge in [-0.05, 0) is 31.0 Å². The van der Waals surface area contributed by atoms with Gasteiger partial charge >= 0.3 is 0 Å². The van der Waals surface area contributed by atoms with Crippen LogP contribution in [0.3, 0.4) is 0 Å². The van der Waals surface area contributed by atoms with E-state index in [1.807, 2.05) is 0 Å². The molecule has 1 aliphatic carbocycles. The van der Waals surface area contributed by atoms with Crippen molar-refractivity contribution in [2.45, 2.75) is 18.9 Å². The van der Waals surface area contributed by atoms with Crippen LogP contribution in [0.2, 0.25) is 10.0 Å². The second-order valence-electron chi connectivity index (χ2n) is 3.92. The Labute approximate surface area is 98.4 Å². The molecule has 0 amide bonds. The summed E-state index contributed by atoms with van der Waals surface area (Å²) in [4.78, 5) is 11.9. The molecule has 2 N–H and O–H groups in total. The van der Waals surface area contributed by atoms with Crippen LogP contribution in [0.5, 0.6) is 0 Å². The summed E-state index contributed by atoms with van der Waals surface area (Å²) in [7, 11) is 0. The van der Waals surface area contributed by atoms with Crippen molar-refractivity contribution in [2.75, 3.05) is 0 Å². The van der Waals surface area contributed by atoms with Crippen molar-refractivity contribution in [3.8, 4) is 0 Å². The zero-order valence-corrected chi connectivity index (χ0v) is 9.55. The van der Waals surface area contributed by atoms with Crippen LogP contribution in [0.1, 0.15) is 23.2 Å². The predicted octanol–water partition coefficient (Wildman–Crippen LogP) is 2.91. The molecule has 0 heterocycles. The Kier molecular flexibility index (Phi) is 3.01. The van der Waals surface area contributed by atoms with Crippen LogP contribution in [0.15, 0.2) is 18.2 Å². The Morgan fingerprint density at radius 2 is 1.93 bits per heavy atom. The number of carbonyl (C=O) groups excluding carboxylic acids is 1. The molecule has 0 aromatic heterocycles. The van der Waals surface area contributed by atoms with E-state index in [0.717, 1.165) is 12.8 Å². The molecular formula is C11H11Cl2NO. The van der Waals surface area contributed by atoms with Crippen molar-refractivity contribution in [3.63, 3.8) is 0 Å². The molecular weight excluding hydrogens is 233 g/mol. The number of benzene rings is 1. The maximum Gasteiger partial charge on any atom is 0.166 e. The molecule has 0 atom stereocenters. The van der Waals surface area contributed by atoms with Gasteiger partial charge in [0.2, 0.25) is 0 Å². The zero-order chi connectivity index (χ0) is 11.0. The van der Waals surface area contributed by atoms with Crippen molar-refractivity contribution in [2.24, 2.45) is 11.7 Å². The van der Waals surface area contributed by atoms with Gasteiger partial charge in [0.15, 0.2) is 5.78 Å². The molecule has 15 heavy (non-hydrogen) atoms. The molecule has 1 aliphatic rings. The Hall–Kier alpha value is -0.570. The third-order valence-corrected chi connectivity index (χ3v) is 3.49. The molecule has 2 nitrogen and oxygen atoms in total. The quantitative estimate of drug-likeness (QED) is 0.813. The topological polar surface area (TPSA) is 43.1 Å². The molecule has 1 fully saturated rings. The van der Waals surface area contributed by atoms with E-state index in [0.29, 0.717) is 15.6 Å². The lowest BCUT2D eigenvalue weighted by Gasteiger charge is -2.31. The lowest BCUT2D eigenvalue weighted by atomic mass is 9.76. The second kappa shape index (κ2) is 4.12. The van der Waals surface area contributed by atoms with E-state index < -0.39 is 0 Å². The Morgan fingerprint density at radius 1 is 1.27 bits per heavy atom. The normalized spacial score (nSPS) is 24.7. The van der Waals surface area contributed by atoms with Crippen LogP contribution < -0.4 is 5.73 Å². The van der Waals surface area contributed by atoms with Gasteiger partial charge in [0, 0.05) is 17.5 Å². The van der Waals surface area contributed by atoms with Gasteiger partial charge in [0.1, 0.15) is 0 Å².